The van der Waals surface area contributed by atoms with Gasteiger partial charge < -0.3 is 10.6 Å². The van der Waals surface area contributed by atoms with Crippen molar-refractivity contribution < 1.29 is 19.4 Å². The number of hydrogen-bond donors (Lipinski definition) is 2. The summed E-state index contributed by atoms with van der Waals surface area (Å²) in [7, 11) is 0. The molecule has 0 unspecified atom stereocenters. The average Bonchev–Trinajstić information content (AvgIpc) is 2.68. The number of anilines is 2. The van der Waals surface area contributed by atoms with Crippen LogP contribution in [0.2, 0.25) is 0 Å². The van der Waals surface area contributed by atoms with Crippen LogP contribution in [0.3, 0.4) is 0 Å². The molecule has 0 atom stereocenters. The molecule has 2 aromatic heterocycles. The molecule has 0 spiro atoms. The van der Waals surface area contributed by atoms with Crippen LogP contribution in [0.1, 0.15) is 12.8 Å². The summed E-state index contributed by atoms with van der Waals surface area (Å²) in [5.74, 6) is 0.807. The molecule has 0 aliphatic carbocycles. The molecule has 2 N–H and O–H groups in total. The zero-order chi connectivity index (χ0) is 21.2. The number of hydrogen-bond acceptors (Lipinski definition) is 9. The molecule has 2 amide bonds. The Labute approximate surface area is 168 Å². The molecular weight excluding hydrogens is 404 g/mol. The third-order valence-corrected chi connectivity index (χ3v) is 4.38. The highest BCUT2D eigenvalue weighted by Gasteiger charge is 2.09. The second kappa shape index (κ2) is 10.7. The smallest absolute Gasteiger partial charge is 0.287 e. The van der Waals surface area contributed by atoms with E-state index >= 15 is 0 Å². The second-order valence-corrected chi connectivity index (χ2v) is 6.75. The molecule has 2 rings (SSSR count). The Morgan fingerprint density at radius 1 is 0.828 bits per heavy atom. The van der Waals surface area contributed by atoms with Gasteiger partial charge in [0.1, 0.15) is 24.0 Å². The van der Waals surface area contributed by atoms with Crippen LogP contribution in [0.25, 0.3) is 0 Å². The normalized spacial score (nSPS) is 10.2. The topological polar surface area (TPSA) is 170 Å². The molecular formula is C16H16N6O6S. The minimum atomic E-state index is -0.580. The fourth-order valence-electron chi connectivity index (χ4n) is 1.98. The number of rotatable bonds is 10. The summed E-state index contributed by atoms with van der Waals surface area (Å²) in [5, 5.41) is 26.2. The monoisotopic (exact) mass is 420 g/mol. The molecule has 0 aromatic carbocycles. The zero-order valence-corrected chi connectivity index (χ0v) is 15.8. The quantitative estimate of drug-likeness (QED) is 0.332. The molecule has 0 radical (unpaired) electrons. The van der Waals surface area contributed by atoms with Crippen molar-refractivity contribution in [2.24, 2.45) is 0 Å². The minimum Gasteiger partial charge on any atom is -0.311 e. The van der Waals surface area contributed by atoms with Gasteiger partial charge in [0, 0.05) is 36.5 Å². The molecule has 2 heterocycles. The van der Waals surface area contributed by atoms with E-state index in [1.54, 1.807) is 0 Å². The highest BCUT2D eigenvalue weighted by Crippen LogP contribution is 2.14. The van der Waals surface area contributed by atoms with Crippen LogP contribution in [-0.4, -0.2) is 43.1 Å². The van der Waals surface area contributed by atoms with E-state index < -0.39 is 9.85 Å². The van der Waals surface area contributed by atoms with Gasteiger partial charge in [0.2, 0.25) is 11.8 Å². The Morgan fingerprint density at radius 3 is 1.55 bits per heavy atom. The van der Waals surface area contributed by atoms with E-state index in [0.717, 1.165) is 12.4 Å². The first-order valence-electron chi connectivity index (χ1n) is 8.23. The first kappa shape index (κ1) is 21.7. The van der Waals surface area contributed by atoms with Crippen molar-refractivity contribution in [2.75, 3.05) is 22.1 Å². The van der Waals surface area contributed by atoms with Crippen LogP contribution in [-0.2, 0) is 9.59 Å². The predicted molar refractivity (Wildman–Crippen MR) is 106 cm³/mol. The number of pyridine rings is 2. The van der Waals surface area contributed by atoms with Gasteiger partial charge in [-0.3, -0.25) is 29.8 Å². The summed E-state index contributed by atoms with van der Waals surface area (Å²) in [6.45, 7) is 0. The van der Waals surface area contributed by atoms with E-state index in [1.807, 2.05) is 0 Å². The number of carbonyl (C=O) groups is 2. The molecule has 29 heavy (non-hydrogen) atoms. The fraction of sp³-hybridized carbons (Fsp3) is 0.250. The van der Waals surface area contributed by atoms with Gasteiger partial charge in [-0.2, -0.15) is 11.8 Å². The highest BCUT2D eigenvalue weighted by molar-refractivity contribution is 7.99. The summed E-state index contributed by atoms with van der Waals surface area (Å²) < 4.78 is 0. The number of nitrogens with zero attached hydrogens (tertiary/aromatic N) is 4. The number of thioether (sulfide) groups is 1. The Morgan fingerprint density at radius 2 is 1.24 bits per heavy atom. The number of nitrogens with one attached hydrogen (secondary N) is 2. The van der Waals surface area contributed by atoms with Crippen LogP contribution in [0.5, 0.6) is 0 Å². The average molecular weight is 420 g/mol. The van der Waals surface area contributed by atoms with E-state index in [2.05, 4.69) is 20.6 Å². The van der Waals surface area contributed by atoms with E-state index in [0.29, 0.717) is 11.5 Å². The van der Waals surface area contributed by atoms with Crippen LogP contribution in [0, 0.1) is 20.2 Å². The number of amides is 2. The van der Waals surface area contributed by atoms with Crippen molar-refractivity contribution >= 4 is 46.6 Å². The van der Waals surface area contributed by atoms with Crippen molar-refractivity contribution in [1.82, 2.24) is 9.97 Å². The molecule has 13 heteroatoms. The van der Waals surface area contributed by atoms with Crippen molar-refractivity contribution in [1.29, 1.82) is 0 Å². The van der Waals surface area contributed by atoms with Crippen molar-refractivity contribution in [3.8, 4) is 0 Å². The van der Waals surface area contributed by atoms with E-state index in [9.17, 15) is 29.8 Å². The third-order valence-electron chi connectivity index (χ3n) is 3.40. The number of carbonyl (C=O) groups excluding carboxylic acids is 2. The van der Waals surface area contributed by atoms with Crippen LogP contribution < -0.4 is 10.6 Å². The lowest BCUT2D eigenvalue weighted by atomic mass is 10.4. The van der Waals surface area contributed by atoms with E-state index in [4.69, 9.17) is 0 Å². The van der Waals surface area contributed by atoms with Gasteiger partial charge in [-0.15, -0.1) is 0 Å². The molecule has 0 saturated carbocycles. The molecule has 152 valence electrons. The maximum absolute atomic E-state index is 11.8. The molecule has 0 bridgehead atoms. The Hall–Kier alpha value is -3.61. The third kappa shape index (κ3) is 7.50. The number of nitro groups is 2. The first-order valence-corrected chi connectivity index (χ1v) is 9.39. The summed E-state index contributed by atoms with van der Waals surface area (Å²) in [6.07, 6.45) is 2.50. The number of aromatic nitrogens is 2. The molecule has 0 fully saturated rings. The largest absolute Gasteiger partial charge is 0.311 e. The van der Waals surface area contributed by atoms with Gasteiger partial charge in [0.25, 0.3) is 11.4 Å². The SMILES string of the molecule is O=C(CCSCCC(=O)Nc1ccc([N+](=O)[O-])cn1)Nc1ccc([N+](=O)[O-])cn1. The lowest BCUT2D eigenvalue weighted by Gasteiger charge is -2.05. The lowest BCUT2D eigenvalue weighted by Crippen LogP contribution is -2.15. The molecule has 2 aromatic rings. The zero-order valence-electron chi connectivity index (χ0n) is 14.9. The Kier molecular flexibility index (Phi) is 7.97. The van der Waals surface area contributed by atoms with Gasteiger partial charge in [-0.05, 0) is 12.1 Å². The van der Waals surface area contributed by atoms with E-state index in [-0.39, 0.29) is 47.7 Å². The maximum Gasteiger partial charge on any atom is 0.287 e. The van der Waals surface area contributed by atoms with Gasteiger partial charge in [-0.1, -0.05) is 0 Å². The van der Waals surface area contributed by atoms with Crippen LogP contribution in [0.15, 0.2) is 36.7 Å². The lowest BCUT2D eigenvalue weighted by molar-refractivity contribution is -0.385. The van der Waals surface area contributed by atoms with Crippen molar-refractivity contribution in [2.45, 2.75) is 12.8 Å². The van der Waals surface area contributed by atoms with E-state index in [1.165, 1.54) is 36.0 Å². The minimum absolute atomic E-state index is 0.166. The van der Waals surface area contributed by atoms with Gasteiger partial charge in [-0.25, -0.2) is 9.97 Å². The standard InChI is InChI=1S/C16H16N6O6S/c23-15(19-13-3-1-11(9-17-13)21(25)26)5-7-29-8-6-16(24)20-14-4-2-12(10-18-14)22(27)28/h1-4,9-10H,5-8H2,(H,17,19,23)(H,18,20,24). The fourth-order valence-corrected chi connectivity index (χ4v) is 2.84. The summed E-state index contributed by atoms with van der Waals surface area (Å²) in [4.78, 5) is 51.1. The van der Waals surface area contributed by atoms with Crippen molar-refractivity contribution in [3.05, 3.63) is 56.9 Å². The summed E-state index contributed by atoms with van der Waals surface area (Å²) >= 11 is 1.40. The molecule has 0 aliphatic rings. The molecule has 12 nitrogen and oxygen atoms in total. The van der Waals surface area contributed by atoms with Gasteiger partial charge in [0.05, 0.1) is 9.85 Å². The molecule has 0 aliphatic heterocycles. The second-order valence-electron chi connectivity index (χ2n) is 5.53. The first-order chi connectivity index (χ1) is 13.8. The maximum atomic E-state index is 11.8. The Bertz CT molecular complexity index is 816. The predicted octanol–water partition coefficient (Wildman–Crippen LogP) is 2.38. The molecule has 0 saturated heterocycles. The van der Waals surface area contributed by atoms with Gasteiger partial charge >= 0.3 is 0 Å². The Balaban J connectivity index is 1.62. The summed E-state index contributed by atoms with van der Waals surface area (Å²) in [6, 6.07) is 5.19. The highest BCUT2D eigenvalue weighted by atomic mass is 32.2. The van der Waals surface area contributed by atoms with Crippen molar-refractivity contribution in [3.63, 3.8) is 0 Å². The summed E-state index contributed by atoms with van der Waals surface area (Å²) in [5.41, 5.74) is -0.332. The van der Waals surface area contributed by atoms with Crippen LogP contribution >= 0.6 is 11.8 Å². The van der Waals surface area contributed by atoms with Crippen LogP contribution in [0.4, 0.5) is 23.0 Å². The van der Waals surface area contributed by atoms with Gasteiger partial charge in [0.15, 0.2) is 0 Å².